The fourth-order valence-corrected chi connectivity index (χ4v) is 3.08. The fraction of sp³-hybridized carbons (Fsp3) is 0.455. The zero-order valence-electron chi connectivity index (χ0n) is 10.0. The molecule has 0 spiro atoms. The summed E-state index contributed by atoms with van der Waals surface area (Å²) in [5, 5.41) is 9.11. The second kappa shape index (κ2) is 5.37. The fourth-order valence-electron chi connectivity index (χ4n) is 1.27. The van der Waals surface area contributed by atoms with Crippen LogP contribution >= 0.6 is 22.6 Å². The van der Waals surface area contributed by atoms with Crippen LogP contribution in [0.25, 0.3) is 0 Å². The van der Waals surface area contributed by atoms with Gasteiger partial charge in [-0.3, -0.25) is 0 Å². The number of halogens is 1. The molecular weight excluding hydrogens is 335 g/mol. The molecule has 0 aliphatic heterocycles. The second-order valence-corrected chi connectivity index (χ2v) is 10.1. The van der Waals surface area contributed by atoms with Crippen molar-refractivity contribution in [2.45, 2.75) is 26.2 Å². The first-order chi connectivity index (χ1) is 7.37. The number of methoxy groups -OCH3 is 1. The molecule has 1 aromatic rings. The molecule has 90 valence electrons. The Balaban J connectivity index is 3.16. The summed E-state index contributed by atoms with van der Waals surface area (Å²) in [6.07, 6.45) is 0. The van der Waals surface area contributed by atoms with Crippen LogP contribution in [-0.2, 0) is 6.61 Å². The van der Waals surface area contributed by atoms with Crippen LogP contribution in [0.2, 0.25) is 19.6 Å². The van der Waals surface area contributed by atoms with E-state index in [-0.39, 0.29) is 6.61 Å². The lowest BCUT2D eigenvalue weighted by Crippen LogP contribution is -2.30. The number of aliphatic hydroxyl groups excluding tert-OH is 1. The second-order valence-electron chi connectivity index (χ2n) is 4.48. The molecule has 1 rings (SSSR count). The first-order valence-electron chi connectivity index (χ1n) is 5.03. The Morgan fingerprint density at radius 2 is 1.94 bits per heavy atom. The van der Waals surface area contributed by atoms with E-state index in [9.17, 15) is 0 Å². The third-order valence-corrected chi connectivity index (χ3v) is 3.50. The van der Waals surface area contributed by atoms with Gasteiger partial charge < -0.3 is 14.3 Å². The van der Waals surface area contributed by atoms with Gasteiger partial charge in [-0.25, -0.2) is 0 Å². The topological polar surface area (TPSA) is 38.7 Å². The highest BCUT2D eigenvalue weighted by atomic mass is 127. The maximum absolute atomic E-state index is 9.11. The number of rotatable bonds is 4. The van der Waals surface area contributed by atoms with E-state index in [0.29, 0.717) is 5.75 Å². The molecule has 0 aromatic heterocycles. The molecule has 0 heterocycles. The molecule has 3 nitrogen and oxygen atoms in total. The minimum atomic E-state index is -1.65. The standard InChI is InChI=1S/C11H17IO3Si/c1-14-10-6-8(7-13)5-9(12)11(10)15-16(2,3)4/h5-6,13H,7H2,1-4H3. The van der Waals surface area contributed by atoms with Gasteiger partial charge >= 0.3 is 0 Å². The normalized spacial score (nSPS) is 11.4. The summed E-state index contributed by atoms with van der Waals surface area (Å²) in [5.41, 5.74) is 0.837. The maximum Gasteiger partial charge on any atom is 0.242 e. The molecule has 0 saturated heterocycles. The summed E-state index contributed by atoms with van der Waals surface area (Å²) in [6.45, 7) is 6.40. The average molecular weight is 352 g/mol. The number of hydrogen-bond donors (Lipinski definition) is 1. The molecule has 1 N–H and O–H groups in total. The summed E-state index contributed by atoms with van der Waals surface area (Å²) >= 11 is 2.20. The van der Waals surface area contributed by atoms with Crippen molar-refractivity contribution in [3.8, 4) is 11.5 Å². The summed E-state index contributed by atoms with van der Waals surface area (Å²) in [6, 6.07) is 3.73. The lowest BCUT2D eigenvalue weighted by Gasteiger charge is -2.22. The number of ether oxygens (including phenoxy) is 1. The van der Waals surface area contributed by atoms with Gasteiger partial charge in [0.25, 0.3) is 0 Å². The van der Waals surface area contributed by atoms with E-state index in [1.54, 1.807) is 7.11 Å². The first kappa shape index (κ1) is 13.8. The minimum absolute atomic E-state index is 0.0135. The third-order valence-electron chi connectivity index (χ3n) is 1.88. The van der Waals surface area contributed by atoms with Crippen molar-refractivity contribution in [1.82, 2.24) is 0 Å². The molecule has 0 unspecified atom stereocenters. The smallest absolute Gasteiger partial charge is 0.242 e. The predicted octanol–water partition coefficient (Wildman–Crippen LogP) is 3.01. The van der Waals surface area contributed by atoms with Gasteiger partial charge in [-0.05, 0) is 59.9 Å². The highest BCUT2D eigenvalue weighted by Crippen LogP contribution is 2.35. The first-order valence-corrected chi connectivity index (χ1v) is 9.52. The molecule has 0 aliphatic rings. The molecule has 16 heavy (non-hydrogen) atoms. The summed E-state index contributed by atoms with van der Waals surface area (Å²) in [4.78, 5) is 0. The van der Waals surface area contributed by atoms with E-state index >= 15 is 0 Å². The monoisotopic (exact) mass is 352 g/mol. The zero-order chi connectivity index (χ0) is 12.3. The van der Waals surface area contributed by atoms with Crippen molar-refractivity contribution in [2.75, 3.05) is 7.11 Å². The molecule has 0 aliphatic carbocycles. The van der Waals surface area contributed by atoms with Crippen LogP contribution < -0.4 is 9.16 Å². The number of benzene rings is 1. The van der Waals surface area contributed by atoms with Gasteiger partial charge in [0.15, 0.2) is 11.5 Å². The highest BCUT2D eigenvalue weighted by Gasteiger charge is 2.21. The van der Waals surface area contributed by atoms with Crippen molar-refractivity contribution in [3.63, 3.8) is 0 Å². The summed E-state index contributed by atoms with van der Waals surface area (Å²) in [5.74, 6) is 1.48. The third kappa shape index (κ3) is 3.64. The lowest BCUT2D eigenvalue weighted by molar-refractivity contribution is 0.280. The molecule has 0 fully saturated rings. The molecule has 0 amide bonds. The SMILES string of the molecule is COc1cc(CO)cc(I)c1O[Si](C)(C)C. The summed E-state index contributed by atoms with van der Waals surface area (Å²) in [7, 11) is -0.0372. The van der Waals surface area contributed by atoms with Crippen LogP contribution in [0.5, 0.6) is 11.5 Å². The van der Waals surface area contributed by atoms with Gasteiger partial charge in [-0.15, -0.1) is 0 Å². The van der Waals surface area contributed by atoms with E-state index in [1.807, 2.05) is 12.1 Å². The molecule has 0 atom stereocenters. The average Bonchev–Trinajstić information content (AvgIpc) is 2.19. The minimum Gasteiger partial charge on any atom is -0.541 e. The van der Waals surface area contributed by atoms with Gasteiger partial charge in [-0.1, -0.05) is 0 Å². The van der Waals surface area contributed by atoms with Crippen molar-refractivity contribution >= 4 is 30.9 Å². The van der Waals surface area contributed by atoms with Gasteiger partial charge in [-0.2, -0.15) is 0 Å². The van der Waals surface area contributed by atoms with Crippen LogP contribution in [0.3, 0.4) is 0 Å². The summed E-state index contributed by atoms with van der Waals surface area (Å²) < 4.78 is 12.2. The van der Waals surface area contributed by atoms with Crippen molar-refractivity contribution in [1.29, 1.82) is 0 Å². The molecule has 1 aromatic carbocycles. The Kier molecular flexibility index (Phi) is 4.63. The predicted molar refractivity (Wildman–Crippen MR) is 75.6 cm³/mol. The van der Waals surface area contributed by atoms with Crippen LogP contribution in [0.15, 0.2) is 12.1 Å². The van der Waals surface area contributed by atoms with Gasteiger partial charge in [0.1, 0.15) is 0 Å². The quantitative estimate of drug-likeness (QED) is 0.669. The lowest BCUT2D eigenvalue weighted by atomic mass is 10.2. The molecule has 0 bridgehead atoms. The Morgan fingerprint density at radius 1 is 1.31 bits per heavy atom. The van der Waals surface area contributed by atoms with Crippen molar-refractivity contribution in [2.24, 2.45) is 0 Å². The van der Waals surface area contributed by atoms with Crippen LogP contribution in [0.4, 0.5) is 0 Å². The van der Waals surface area contributed by atoms with Crippen LogP contribution in [0.1, 0.15) is 5.56 Å². The Hall–Kier alpha value is -0.273. The Labute approximate surface area is 111 Å². The number of hydrogen-bond acceptors (Lipinski definition) is 3. The zero-order valence-corrected chi connectivity index (χ0v) is 13.2. The van der Waals surface area contributed by atoms with Crippen LogP contribution in [0, 0.1) is 3.57 Å². The molecule has 5 heteroatoms. The molecule has 0 radical (unpaired) electrons. The van der Waals surface area contributed by atoms with E-state index in [0.717, 1.165) is 14.9 Å². The van der Waals surface area contributed by atoms with Gasteiger partial charge in [0, 0.05) is 0 Å². The van der Waals surface area contributed by atoms with Gasteiger partial charge in [0.2, 0.25) is 8.32 Å². The van der Waals surface area contributed by atoms with E-state index in [2.05, 4.69) is 42.2 Å². The Bertz CT molecular complexity index is 374. The van der Waals surface area contributed by atoms with E-state index in [1.165, 1.54) is 0 Å². The number of aliphatic hydroxyl groups is 1. The maximum atomic E-state index is 9.11. The van der Waals surface area contributed by atoms with E-state index < -0.39 is 8.32 Å². The Morgan fingerprint density at radius 3 is 2.38 bits per heavy atom. The van der Waals surface area contributed by atoms with Crippen molar-refractivity contribution < 1.29 is 14.3 Å². The highest BCUT2D eigenvalue weighted by molar-refractivity contribution is 14.1. The van der Waals surface area contributed by atoms with Gasteiger partial charge in [0.05, 0.1) is 17.3 Å². The molecular formula is C11H17IO3Si. The van der Waals surface area contributed by atoms with E-state index in [4.69, 9.17) is 14.3 Å². The largest absolute Gasteiger partial charge is 0.541 e. The van der Waals surface area contributed by atoms with Crippen LogP contribution in [-0.4, -0.2) is 20.5 Å². The van der Waals surface area contributed by atoms with Crippen molar-refractivity contribution in [3.05, 3.63) is 21.3 Å². The molecule has 0 saturated carbocycles.